The number of rotatable bonds is 5. The number of nitrogens with one attached hydrogen (secondary N) is 1. The minimum Gasteiger partial charge on any atom is -0.341 e. The van der Waals surface area contributed by atoms with Crippen LogP contribution in [0.2, 0.25) is 0 Å². The molecule has 4 rings (SSSR count). The van der Waals surface area contributed by atoms with Gasteiger partial charge >= 0.3 is 0 Å². The number of carbonyl (C=O) groups excluding carboxylic acids is 1. The van der Waals surface area contributed by atoms with Crippen molar-refractivity contribution in [3.63, 3.8) is 0 Å². The van der Waals surface area contributed by atoms with E-state index in [1.54, 1.807) is 19.1 Å². The molecule has 2 fully saturated rings. The number of piperazine rings is 1. The third-order valence-corrected chi connectivity index (χ3v) is 5.63. The second-order valence-corrected chi connectivity index (χ2v) is 7.54. The van der Waals surface area contributed by atoms with E-state index in [4.69, 9.17) is 4.52 Å². The number of aryl methyl sites for hydroxylation is 2. The number of halogens is 2. The van der Waals surface area contributed by atoms with E-state index < -0.39 is 0 Å². The van der Waals surface area contributed by atoms with Gasteiger partial charge in [-0.15, -0.1) is 12.4 Å². The Morgan fingerprint density at radius 2 is 2.10 bits per heavy atom. The zero-order valence-electron chi connectivity index (χ0n) is 16.6. The lowest BCUT2D eigenvalue weighted by Crippen LogP contribution is -2.49. The molecule has 0 saturated carbocycles. The van der Waals surface area contributed by atoms with E-state index in [9.17, 15) is 9.18 Å². The summed E-state index contributed by atoms with van der Waals surface area (Å²) in [5, 5.41) is 7.28. The molecule has 7 nitrogen and oxygen atoms in total. The summed E-state index contributed by atoms with van der Waals surface area (Å²) in [5.41, 5.74) is 1.14. The lowest BCUT2D eigenvalue weighted by atomic mass is 10.1. The first kappa shape index (κ1) is 21.7. The number of amides is 1. The molecule has 1 amide bonds. The topological polar surface area (TPSA) is 74.5 Å². The largest absolute Gasteiger partial charge is 0.341 e. The maximum Gasteiger partial charge on any atom is 0.227 e. The molecule has 2 aliphatic rings. The molecule has 0 spiro atoms. The number of hydrogen-bond acceptors (Lipinski definition) is 6. The Balaban J connectivity index is 0.00000240. The molecule has 29 heavy (non-hydrogen) atoms. The molecule has 158 valence electrons. The average molecular weight is 424 g/mol. The van der Waals surface area contributed by atoms with Crippen LogP contribution in [0.25, 0.3) is 11.4 Å². The van der Waals surface area contributed by atoms with Crippen molar-refractivity contribution in [2.75, 3.05) is 39.3 Å². The van der Waals surface area contributed by atoms with Crippen molar-refractivity contribution in [1.29, 1.82) is 0 Å². The molecule has 1 unspecified atom stereocenters. The van der Waals surface area contributed by atoms with Crippen LogP contribution in [-0.2, 0) is 11.2 Å². The Morgan fingerprint density at radius 3 is 2.86 bits per heavy atom. The van der Waals surface area contributed by atoms with Crippen LogP contribution in [0.1, 0.15) is 24.3 Å². The lowest BCUT2D eigenvalue weighted by Gasteiger charge is -2.32. The van der Waals surface area contributed by atoms with Gasteiger partial charge in [0.2, 0.25) is 17.6 Å². The summed E-state index contributed by atoms with van der Waals surface area (Å²) < 4.78 is 19.0. The summed E-state index contributed by atoms with van der Waals surface area (Å²) in [4.78, 5) is 21.3. The number of likely N-dealkylation sites (tertiary alicyclic amines) is 1. The third-order valence-electron chi connectivity index (χ3n) is 5.63. The Labute approximate surface area is 176 Å². The Hall–Kier alpha value is -2.03. The summed E-state index contributed by atoms with van der Waals surface area (Å²) >= 11 is 0. The van der Waals surface area contributed by atoms with Crippen LogP contribution >= 0.6 is 12.4 Å². The summed E-state index contributed by atoms with van der Waals surface area (Å²) in [6.45, 7) is 7.47. The lowest BCUT2D eigenvalue weighted by molar-refractivity contribution is -0.130. The molecule has 2 aliphatic heterocycles. The molecular formula is C20H27ClFN5O2. The Bertz CT molecular complexity index is 840. The fraction of sp³-hybridized carbons (Fsp3) is 0.550. The fourth-order valence-electron chi connectivity index (χ4n) is 3.89. The number of nitrogens with zero attached hydrogens (tertiary/aromatic N) is 4. The van der Waals surface area contributed by atoms with E-state index >= 15 is 0 Å². The highest BCUT2D eigenvalue weighted by Crippen LogP contribution is 2.20. The van der Waals surface area contributed by atoms with Crippen molar-refractivity contribution in [3.05, 3.63) is 35.5 Å². The van der Waals surface area contributed by atoms with Gasteiger partial charge in [-0.25, -0.2) is 4.39 Å². The maximum absolute atomic E-state index is 13.7. The molecule has 0 aliphatic carbocycles. The van der Waals surface area contributed by atoms with Crippen molar-refractivity contribution in [1.82, 2.24) is 25.3 Å². The van der Waals surface area contributed by atoms with Crippen molar-refractivity contribution in [2.24, 2.45) is 0 Å². The predicted molar refractivity (Wildman–Crippen MR) is 109 cm³/mol. The highest BCUT2D eigenvalue weighted by atomic mass is 35.5. The van der Waals surface area contributed by atoms with Gasteiger partial charge in [-0.2, -0.15) is 4.98 Å². The minimum absolute atomic E-state index is 0. The first-order valence-corrected chi connectivity index (χ1v) is 9.92. The van der Waals surface area contributed by atoms with Crippen LogP contribution in [0, 0.1) is 12.7 Å². The average Bonchev–Trinajstić information content (AvgIpc) is 3.39. The second-order valence-electron chi connectivity index (χ2n) is 7.54. The van der Waals surface area contributed by atoms with E-state index in [0.29, 0.717) is 41.7 Å². The van der Waals surface area contributed by atoms with Crippen molar-refractivity contribution >= 4 is 18.3 Å². The molecule has 1 atom stereocenters. The highest BCUT2D eigenvalue weighted by Gasteiger charge is 2.30. The van der Waals surface area contributed by atoms with E-state index in [1.807, 2.05) is 4.90 Å². The standard InChI is InChI=1S/C20H26FN5O2.ClH/c1-14-2-3-15(12-17(14)21)20-23-18(28-24-20)4-5-19(27)26-9-6-16(13-26)25-10-7-22-8-11-25;/h2-3,12,16,22H,4-11,13H2,1H3;1H. The van der Waals surface area contributed by atoms with E-state index in [2.05, 4.69) is 20.4 Å². The van der Waals surface area contributed by atoms with Crippen LogP contribution in [0.3, 0.4) is 0 Å². The molecule has 9 heteroatoms. The van der Waals surface area contributed by atoms with Gasteiger partial charge in [0.25, 0.3) is 0 Å². The van der Waals surface area contributed by atoms with Gasteiger partial charge in [0, 0.05) is 63.7 Å². The summed E-state index contributed by atoms with van der Waals surface area (Å²) in [6, 6.07) is 5.32. The van der Waals surface area contributed by atoms with Gasteiger partial charge in [0.1, 0.15) is 5.82 Å². The number of carbonyl (C=O) groups is 1. The van der Waals surface area contributed by atoms with Gasteiger partial charge in [0.05, 0.1) is 0 Å². The van der Waals surface area contributed by atoms with Crippen molar-refractivity contribution in [3.8, 4) is 11.4 Å². The van der Waals surface area contributed by atoms with Gasteiger partial charge in [0.15, 0.2) is 0 Å². The molecule has 1 N–H and O–H groups in total. The Morgan fingerprint density at radius 1 is 1.31 bits per heavy atom. The molecule has 1 aromatic carbocycles. The van der Waals surface area contributed by atoms with Crippen molar-refractivity contribution < 1.29 is 13.7 Å². The molecule has 1 aromatic heterocycles. The maximum atomic E-state index is 13.7. The molecular weight excluding hydrogens is 397 g/mol. The third kappa shape index (κ3) is 5.12. The van der Waals surface area contributed by atoms with Crippen LogP contribution in [0.15, 0.2) is 22.7 Å². The van der Waals surface area contributed by atoms with Crippen molar-refractivity contribution in [2.45, 2.75) is 32.2 Å². The van der Waals surface area contributed by atoms with Gasteiger partial charge in [-0.3, -0.25) is 9.69 Å². The number of aromatic nitrogens is 2. The zero-order chi connectivity index (χ0) is 19.5. The Kier molecular flexibility index (Phi) is 7.21. The summed E-state index contributed by atoms with van der Waals surface area (Å²) in [5.74, 6) is 0.578. The summed E-state index contributed by atoms with van der Waals surface area (Å²) in [7, 11) is 0. The molecule has 3 heterocycles. The van der Waals surface area contributed by atoms with Gasteiger partial charge in [-0.1, -0.05) is 17.3 Å². The highest BCUT2D eigenvalue weighted by molar-refractivity contribution is 5.85. The van der Waals surface area contributed by atoms with Gasteiger partial charge in [-0.05, 0) is 25.0 Å². The van der Waals surface area contributed by atoms with Crippen LogP contribution in [0.5, 0.6) is 0 Å². The van der Waals surface area contributed by atoms with E-state index in [1.165, 1.54) is 6.07 Å². The van der Waals surface area contributed by atoms with Crippen LogP contribution < -0.4 is 5.32 Å². The van der Waals surface area contributed by atoms with Crippen LogP contribution in [-0.4, -0.2) is 71.2 Å². The summed E-state index contributed by atoms with van der Waals surface area (Å²) in [6.07, 6.45) is 1.78. The predicted octanol–water partition coefficient (Wildman–Crippen LogP) is 2.04. The number of hydrogen-bond donors (Lipinski definition) is 1. The number of benzene rings is 1. The molecule has 0 bridgehead atoms. The fourth-order valence-corrected chi connectivity index (χ4v) is 3.89. The zero-order valence-corrected chi connectivity index (χ0v) is 17.4. The monoisotopic (exact) mass is 423 g/mol. The molecule has 2 aromatic rings. The van der Waals surface area contributed by atoms with E-state index in [0.717, 1.165) is 45.7 Å². The van der Waals surface area contributed by atoms with E-state index in [-0.39, 0.29) is 24.1 Å². The van der Waals surface area contributed by atoms with Gasteiger partial charge < -0.3 is 14.7 Å². The first-order chi connectivity index (χ1) is 13.6. The quantitative estimate of drug-likeness (QED) is 0.793. The second kappa shape index (κ2) is 9.65. The van der Waals surface area contributed by atoms with Crippen LogP contribution in [0.4, 0.5) is 4.39 Å². The minimum atomic E-state index is -0.299. The normalized spacial score (nSPS) is 19.9. The molecule has 0 radical (unpaired) electrons. The first-order valence-electron chi connectivity index (χ1n) is 9.92. The SMILES string of the molecule is Cc1ccc(-c2noc(CCC(=O)N3CCC(N4CCNCC4)C3)n2)cc1F.Cl. The molecule has 2 saturated heterocycles. The smallest absolute Gasteiger partial charge is 0.227 e.